The maximum atomic E-state index is 12.3. The van der Waals surface area contributed by atoms with Crippen molar-refractivity contribution < 1.29 is 9.90 Å². The van der Waals surface area contributed by atoms with Crippen molar-refractivity contribution in [3.05, 3.63) is 35.4 Å². The minimum Gasteiger partial charge on any atom is -0.384 e. The van der Waals surface area contributed by atoms with E-state index in [1.165, 1.54) is 12.8 Å². The molecule has 112 valence electrons. The maximum Gasteiger partial charge on any atom is 0.223 e. The fourth-order valence-electron chi connectivity index (χ4n) is 2.80. The average molecular weight is 285 g/mol. The Labute approximate surface area is 126 Å². The molecule has 3 heteroatoms. The van der Waals surface area contributed by atoms with E-state index in [-0.39, 0.29) is 18.4 Å². The lowest BCUT2D eigenvalue weighted by molar-refractivity contribution is -0.125. The highest BCUT2D eigenvalue weighted by Crippen LogP contribution is 2.23. The number of amides is 1. The van der Waals surface area contributed by atoms with Gasteiger partial charge in [0.25, 0.3) is 0 Å². The molecule has 1 aliphatic carbocycles. The van der Waals surface area contributed by atoms with Gasteiger partial charge in [-0.2, -0.15) is 0 Å². The number of aliphatic hydroxyl groups is 1. The number of rotatable bonds is 3. The van der Waals surface area contributed by atoms with Crippen molar-refractivity contribution >= 4 is 5.91 Å². The van der Waals surface area contributed by atoms with Gasteiger partial charge in [0.15, 0.2) is 0 Å². The topological polar surface area (TPSA) is 49.3 Å². The van der Waals surface area contributed by atoms with Crippen LogP contribution in [0.1, 0.15) is 49.7 Å². The van der Waals surface area contributed by atoms with E-state index in [0.717, 1.165) is 36.8 Å². The van der Waals surface area contributed by atoms with Crippen molar-refractivity contribution in [1.82, 2.24) is 5.32 Å². The van der Waals surface area contributed by atoms with Gasteiger partial charge in [-0.25, -0.2) is 0 Å². The first-order valence-electron chi connectivity index (χ1n) is 7.76. The van der Waals surface area contributed by atoms with Crippen LogP contribution in [0.25, 0.3) is 0 Å². The van der Waals surface area contributed by atoms with Gasteiger partial charge in [0.05, 0.1) is 0 Å². The molecule has 1 fully saturated rings. The molecule has 0 atom stereocenters. The molecule has 0 saturated heterocycles. The summed E-state index contributed by atoms with van der Waals surface area (Å²) >= 11 is 0. The van der Waals surface area contributed by atoms with E-state index in [2.05, 4.69) is 17.2 Å². The maximum absolute atomic E-state index is 12.3. The summed E-state index contributed by atoms with van der Waals surface area (Å²) in [6, 6.07) is 7.74. The lowest BCUT2D eigenvalue weighted by atomic mass is 9.99. The van der Waals surface area contributed by atoms with Crippen molar-refractivity contribution in [3.8, 4) is 11.8 Å². The molecule has 1 aliphatic rings. The highest BCUT2D eigenvalue weighted by Gasteiger charge is 2.19. The van der Waals surface area contributed by atoms with Gasteiger partial charge in [0, 0.05) is 18.0 Å². The summed E-state index contributed by atoms with van der Waals surface area (Å²) < 4.78 is 0. The first-order valence-corrected chi connectivity index (χ1v) is 7.76. The van der Waals surface area contributed by atoms with Gasteiger partial charge in [0.1, 0.15) is 6.61 Å². The molecular weight excluding hydrogens is 262 g/mol. The van der Waals surface area contributed by atoms with Gasteiger partial charge in [-0.05, 0) is 24.5 Å². The third-order valence-corrected chi connectivity index (χ3v) is 4.00. The summed E-state index contributed by atoms with van der Waals surface area (Å²) in [7, 11) is 0. The van der Waals surface area contributed by atoms with E-state index in [1.807, 2.05) is 24.3 Å². The lowest BCUT2D eigenvalue weighted by Gasteiger charge is -2.14. The second kappa shape index (κ2) is 8.49. The Morgan fingerprint density at radius 2 is 1.90 bits per heavy atom. The van der Waals surface area contributed by atoms with Gasteiger partial charge < -0.3 is 10.4 Å². The fraction of sp³-hybridized carbons (Fsp3) is 0.500. The minimum atomic E-state index is -0.150. The number of carbonyl (C=O) groups excluding carboxylic acids is 1. The molecule has 2 N–H and O–H groups in total. The van der Waals surface area contributed by atoms with Crippen LogP contribution < -0.4 is 5.32 Å². The first-order chi connectivity index (χ1) is 10.3. The van der Waals surface area contributed by atoms with Crippen molar-refractivity contribution in [1.29, 1.82) is 0 Å². The van der Waals surface area contributed by atoms with Crippen LogP contribution in [-0.4, -0.2) is 17.6 Å². The summed E-state index contributed by atoms with van der Waals surface area (Å²) in [4.78, 5) is 12.3. The lowest BCUT2D eigenvalue weighted by Crippen LogP contribution is -2.30. The second-order valence-electron chi connectivity index (χ2n) is 5.52. The van der Waals surface area contributed by atoms with Crippen molar-refractivity contribution in [2.24, 2.45) is 5.92 Å². The third-order valence-electron chi connectivity index (χ3n) is 4.00. The molecule has 0 bridgehead atoms. The first kappa shape index (κ1) is 15.6. The van der Waals surface area contributed by atoms with E-state index in [1.54, 1.807) is 0 Å². The van der Waals surface area contributed by atoms with Crippen LogP contribution in [-0.2, 0) is 11.3 Å². The van der Waals surface area contributed by atoms with Crippen LogP contribution >= 0.6 is 0 Å². The normalized spacial score (nSPS) is 15.7. The monoisotopic (exact) mass is 285 g/mol. The molecule has 0 spiro atoms. The highest BCUT2D eigenvalue weighted by molar-refractivity contribution is 5.78. The van der Waals surface area contributed by atoms with Gasteiger partial charge >= 0.3 is 0 Å². The zero-order valence-electron chi connectivity index (χ0n) is 12.4. The molecule has 21 heavy (non-hydrogen) atoms. The summed E-state index contributed by atoms with van der Waals surface area (Å²) in [6.07, 6.45) is 6.86. The summed E-state index contributed by atoms with van der Waals surface area (Å²) in [5, 5.41) is 11.8. The standard InChI is InChI=1S/C18H23NO2/c20-13-7-12-15-8-5-6-11-17(15)14-19-18(21)16-9-3-1-2-4-10-16/h5-6,8,11,16,20H,1-4,9-10,13-14H2,(H,19,21). The van der Waals surface area contributed by atoms with Gasteiger partial charge in [-0.3, -0.25) is 4.79 Å². The fourth-order valence-corrected chi connectivity index (χ4v) is 2.80. The van der Waals surface area contributed by atoms with E-state index < -0.39 is 0 Å². The van der Waals surface area contributed by atoms with Crippen LogP contribution in [0.4, 0.5) is 0 Å². The molecule has 0 aromatic heterocycles. The highest BCUT2D eigenvalue weighted by atomic mass is 16.2. The number of hydrogen-bond acceptors (Lipinski definition) is 2. The molecule has 0 radical (unpaired) electrons. The van der Waals surface area contributed by atoms with Crippen LogP contribution in [0.2, 0.25) is 0 Å². The van der Waals surface area contributed by atoms with Crippen molar-refractivity contribution in [2.45, 2.75) is 45.1 Å². The van der Waals surface area contributed by atoms with Crippen LogP contribution in [0.5, 0.6) is 0 Å². The summed E-state index contributed by atoms with van der Waals surface area (Å²) in [6.45, 7) is 0.356. The van der Waals surface area contributed by atoms with Crippen molar-refractivity contribution in [2.75, 3.05) is 6.61 Å². The quantitative estimate of drug-likeness (QED) is 0.662. The Morgan fingerprint density at radius 1 is 1.19 bits per heavy atom. The Morgan fingerprint density at radius 3 is 2.62 bits per heavy atom. The number of aliphatic hydroxyl groups excluding tert-OH is 1. The molecule has 1 saturated carbocycles. The Kier molecular flexibility index (Phi) is 6.30. The van der Waals surface area contributed by atoms with Gasteiger partial charge in [-0.15, -0.1) is 0 Å². The zero-order chi connectivity index (χ0) is 14.9. The minimum absolute atomic E-state index is 0.150. The van der Waals surface area contributed by atoms with E-state index >= 15 is 0 Å². The van der Waals surface area contributed by atoms with E-state index in [4.69, 9.17) is 5.11 Å². The zero-order valence-corrected chi connectivity index (χ0v) is 12.4. The van der Waals surface area contributed by atoms with Gasteiger partial charge in [-0.1, -0.05) is 55.7 Å². The Hall–Kier alpha value is -1.79. The number of nitrogens with one attached hydrogen (secondary N) is 1. The van der Waals surface area contributed by atoms with Crippen LogP contribution in [0.15, 0.2) is 24.3 Å². The van der Waals surface area contributed by atoms with Crippen LogP contribution in [0, 0.1) is 17.8 Å². The van der Waals surface area contributed by atoms with E-state index in [9.17, 15) is 4.79 Å². The predicted octanol–water partition coefficient (Wildman–Crippen LogP) is 2.62. The van der Waals surface area contributed by atoms with Crippen LogP contribution in [0.3, 0.4) is 0 Å². The molecule has 1 aromatic rings. The average Bonchev–Trinajstić information content (AvgIpc) is 2.80. The third kappa shape index (κ3) is 4.91. The Balaban J connectivity index is 1.94. The molecule has 1 aromatic carbocycles. The summed E-state index contributed by atoms with van der Waals surface area (Å²) in [5.41, 5.74) is 1.87. The number of benzene rings is 1. The Bertz CT molecular complexity index is 520. The molecule has 0 unspecified atom stereocenters. The molecule has 3 nitrogen and oxygen atoms in total. The smallest absolute Gasteiger partial charge is 0.223 e. The summed E-state index contributed by atoms with van der Waals surface area (Å²) in [5.74, 6) is 5.92. The molecule has 0 aliphatic heterocycles. The predicted molar refractivity (Wildman–Crippen MR) is 83.4 cm³/mol. The number of carbonyl (C=O) groups is 1. The molecule has 1 amide bonds. The molecule has 2 rings (SSSR count). The molecular formula is C18H23NO2. The molecule has 0 heterocycles. The van der Waals surface area contributed by atoms with Gasteiger partial charge in [0.2, 0.25) is 5.91 Å². The largest absolute Gasteiger partial charge is 0.384 e. The second-order valence-corrected chi connectivity index (χ2v) is 5.52. The number of hydrogen-bond donors (Lipinski definition) is 2. The van der Waals surface area contributed by atoms with Crippen molar-refractivity contribution in [3.63, 3.8) is 0 Å². The SMILES string of the molecule is O=C(NCc1ccccc1C#CCO)C1CCCCCC1. The van der Waals surface area contributed by atoms with E-state index in [0.29, 0.717) is 6.54 Å².